The molecule has 2 rings (SSSR count). The van der Waals surface area contributed by atoms with Crippen molar-refractivity contribution in [3.8, 4) is 5.75 Å². The van der Waals surface area contributed by atoms with Crippen LogP contribution in [0.5, 0.6) is 5.75 Å². The molecule has 0 saturated carbocycles. The highest BCUT2D eigenvalue weighted by atomic mass is 35.5. The van der Waals surface area contributed by atoms with Gasteiger partial charge in [-0.15, -0.1) is 11.8 Å². The summed E-state index contributed by atoms with van der Waals surface area (Å²) >= 11 is 7.32. The zero-order chi connectivity index (χ0) is 19.5. The van der Waals surface area contributed by atoms with Crippen molar-refractivity contribution in [2.75, 3.05) is 19.5 Å². The predicted molar refractivity (Wildman–Crippen MR) is 107 cm³/mol. The van der Waals surface area contributed by atoms with Crippen molar-refractivity contribution in [1.29, 1.82) is 0 Å². The van der Waals surface area contributed by atoms with E-state index in [1.165, 1.54) is 25.1 Å². The van der Waals surface area contributed by atoms with Crippen molar-refractivity contribution >= 4 is 41.5 Å². The van der Waals surface area contributed by atoms with Gasteiger partial charge >= 0.3 is 5.97 Å². The van der Waals surface area contributed by atoms with Crippen LogP contribution < -0.4 is 10.2 Å². The lowest BCUT2D eigenvalue weighted by Gasteiger charge is -2.05. The molecule has 0 heterocycles. The Hall–Kier alpha value is -2.51. The van der Waals surface area contributed by atoms with Crippen LogP contribution in [-0.4, -0.2) is 37.6 Å². The fourth-order valence-electron chi connectivity index (χ4n) is 1.94. The number of hydrogen-bond acceptors (Lipinski definition) is 6. The molecule has 0 spiro atoms. The van der Waals surface area contributed by atoms with Gasteiger partial charge in [-0.05, 0) is 35.4 Å². The number of benzene rings is 2. The molecule has 2 aromatic rings. The maximum atomic E-state index is 11.8. The maximum absolute atomic E-state index is 11.8. The molecule has 0 fully saturated rings. The van der Waals surface area contributed by atoms with Gasteiger partial charge in [0, 0.05) is 10.8 Å². The number of nitrogens with one attached hydrogen (secondary N) is 1. The van der Waals surface area contributed by atoms with Crippen LogP contribution >= 0.6 is 23.4 Å². The third kappa shape index (κ3) is 8.15. The van der Waals surface area contributed by atoms with Crippen LogP contribution in [0.4, 0.5) is 0 Å². The zero-order valence-corrected chi connectivity index (χ0v) is 16.3. The SMILES string of the molecule is COC(=O)COc1cccc(/C=N\NC(=O)CSCc2ccc(Cl)cc2)c1. The molecule has 0 saturated heterocycles. The Labute approximate surface area is 166 Å². The van der Waals surface area contributed by atoms with Gasteiger partial charge in [0.1, 0.15) is 5.75 Å². The number of methoxy groups -OCH3 is 1. The van der Waals surface area contributed by atoms with Gasteiger partial charge in [0.15, 0.2) is 6.61 Å². The number of amides is 1. The summed E-state index contributed by atoms with van der Waals surface area (Å²) in [6.45, 7) is -0.168. The van der Waals surface area contributed by atoms with Gasteiger partial charge in [-0.1, -0.05) is 35.9 Å². The Morgan fingerprint density at radius 1 is 1.22 bits per heavy atom. The highest BCUT2D eigenvalue weighted by molar-refractivity contribution is 7.99. The van der Waals surface area contributed by atoms with Gasteiger partial charge < -0.3 is 9.47 Å². The van der Waals surface area contributed by atoms with E-state index in [1.54, 1.807) is 24.3 Å². The van der Waals surface area contributed by atoms with Crippen molar-refractivity contribution in [3.63, 3.8) is 0 Å². The summed E-state index contributed by atoms with van der Waals surface area (Å²) in [6.07, 6.45) is 1.51. The van der Waals surface area contributed by atoms with Crippen LogP contribution in [0.15, 0.2) is 53.6 Å². The number of halogens is 1. The lowest BCUT2D eigenvalue weighted by atomic mass is 10.2. The second-order valence-electron chi connectivity index (χ2n) is 5.35. The van der Waals surface area contributed by atoms with Gasteiger partial charge in [-0.25, -0.2) is 10.2 Å². The number of carbonyl (C=O) groups excluding carboxylic acids is 2. The molecule has 0 atom stereocenters. The van der Waals surface area contributed by atoms with Crippen molar-refractivity contribution in [2.24, 2.45) is 5.10 Å². The molecule has 1 N–H and O–H groups in total. The summed E-state index contributed by atoms with van der Waals surface area (Å²) in [7, 11) is 1.30. The molecule has 0 unspecified atom stereocenters. The Kier molecular flexibility index (Phi) is 8.67. The van der Waals surface area contributed by atoms with E-state index in [2.05, 4.69) is 15.3 Å². The van der Waals surface area contributed by atoms with Crippen molar-refractivity contribution in [3.05, 3.63) is 64.7 Å². The van der Waals surface area contributed by atoms with E-state index in [9.17, 15) is 9.59 Å². The number of rotatable bonds is 9. The van der Waals surface area contributed by atoms with Gasteiger partial charge in [0.25, 0.3) is 0 Å². The molecule has 2 aromatic carbocycles. The number of nitrogens with zero attached hydrogens (tertiary/aromatic N) is 1. The standard InChI is InChI=1S/C19H19ClN2O4S/c1-25-19(24)11-26-17-4-2-3-15(9-17)10-21-22-18(23)13-27-12-14-5-7-16(20)8-6-14/h2-10H,11-13H2,1H3,(H,22,23)/b21-10-. The third-order valence-electron chi connectivity index (χ3n) is 3.26. The van der Waals surface area contributed by atoms with Gasteiger partial charge in [0.05, 0.1) is 19.1 Å². The summed E-state index contributed by atoms with van der Waals surface area (Å²) in [5.41, 5.74) is 4.31. The Balaban J connectivity index is 1.73. The average molecular weight is 407 g/mol. The summed E-state index contributed by atoms with van der Waals surface area (Å²) in [5, 5.41) is 4.62. The molecule has 0 aliphatic heterocycles. The largest absolute Gasteiger partial charge is 0.482 e. The van der Waals surface area contributed by atoms with Crippen LogP contribution in [0.25, 0.3) is 0 Å². The number of carbonyl (C=O) groups is 2. The lowest BCUT2D eigenvalue weighted by molar-refractivity contribution is -0.142. The van der Waals surface area contributed by atoms with E-state index < -0.39 is 5.97 Å². The summed E-state index contributed by atoms with van der Waals surface area (Å²) in [6, 6.07) is 14.5. The molecule has 6 nitrogen and oxygen atoms in total. The van der Waals surface area contributed by atoms with E-state index in [-0.39, 0.29) is 12.5 Å². The average Bonchev–Trinajstić information content (AvgIpc) is 2.68. The van der Waals surface area contributed by atoms with Crippen molar-refractivity contribution in [1.82, 2.24) is 5.43 Å². The Morgan fingerprint density at radius 3 is 2.74 bits per heavy atom. The lowest BCUT2D eigenvalue weighted by Crippen LogP contribution is -2.19. The normalized spacial score (nSPS) is 10.6. The van der Waals surface area contributed by atoms with Gasteiger partial charge in [-0.2, -0.15) is 5.10 Å². The summed E-state index contributed by atoms with van der Waals surface area (Å²) in [4.78, 5) is 22.9. The smallest absolute Gasteiger partial charge is 0.343 e. The Bertz CT molecular complexity index is 797. The molecular formula is C19H19ClN2O4S. The van der Waals surface area contributed by atoms with Crippen LogP contribution in [0.2, 0.25) is 5.02 Å². The van der Waals surface area contributed by atoms with Crippen LogP contribution in [0, 0.1) is 0 Å². The van der Waals surface area contributed by atoms with E-state index >= 15 is 0 Å². The summed E-state index contributed by atoms with van der Waals surface area (Å²) in [5.74, 6) is 0.866. The first-order chi connectivity index (χ1) is 13.1. The quantitative estimate of drug-likeness (QED) is 0.393. The second-order valence-corrected chi connectivity index (χ2v) is 6.77. The van der Waals surface area contributed by atoms with Gasteiger partial charge in [0.2, 0.25) is 5.91 Å². The second kappa shape index (κ2) is 11.3. The minimum absolute atomic E-state index is 0.168. The van der Waals surface area contributed by atoms with Crippen LogP contribution in [-0.2, 0) is 20.1 Å². The predicted octanol–water partition coefficient (Wildman–Crippen LogP) is 3.28. The first kappa shape index (κ1) is 20.8. The number of ether oxygens (including phenoxy) is 2. The molecule has 0 bridgehead atoms. The van der Waals surface area contributed by atoms with Crippen molar-refractivity contribution < 1.29 is 19.1 Å². The molecule has 142 valence electrons. The molecule has 0 radical (unpaired) electrons. The van der Waals surface area contributed by atoms with Crippen LogP contribution in [0.3, 0.4) is 0 Å². The number of thioether (sulfide) groups is 1. The third-order valence-corrected chi connectivity index (χ3v) is 4.52. The highest BCUT2D eigenvalue weighted by Gasteiger charge is 2.03. The van der Waals surface area contributed by atoms with E-state index in [0.717, 1.165) is 11.1 Å². The van der Waals surface area contributed by atoms with E-state index in [1.807, 2.05) is 24.3 Å². The van der Waals surface area contributed by atoms with E-state index in [4.69, 9.17) is 16.3 Å². The topological polar surface area (TPSA) is 77.0 Å². The molecule has 0 aromatic heterocycles. The molecule has 27 heavy (non-hydrogen) atoms. The first-order valence-corrected chi connectivity index (χ1v) is 9.54. The fraction of sp³-hybridized carbons (Fsp3) is 0.211. The maximum Gasteiger partial charge on any atom is 0.343 e. The molecule has 1 amide bonds. The monoisotopic (exact) mass is 406 g/mol. The van der Waals surface area contributed by atoms with E-state index in [0.29, 0.717) is 22.3 Å². The number of hydrogen-bond donors (Lipinski definition) is 1. The minimum Gasteiger partial charge on any atom is -0.482 e. The fourth-order valence-corrected chi connectivity index (χ4v) is 2.85. The molecule has 0 aliphatic carbocycles. The number of esters is 1. The minimum atomic E-state index is -0.461. The molecule has 8 heteroatoms. The Morgan fingerprint density at radius 2 is 2.00 bits per heavy atom. The first-order valence-electron chi connectivity index (χ1n) is 8.00. The van der Waals surface area contributed by atoms with Gasteiger partial charge in [-0.3, -0.25) is 4.79 Å². The van der Waals surface area contributed by atoms with Crippen LogP contribution in [0.1, 0.15) is 11.1 Å². The van der Waals surface area contributed by atoms with Crippen molar-refractivity contribution in [2.45, 2.75) is 5.75 Å². The molecule has 0 aliphatic rings. The molecular weight excluding hydrogens is 388 g/mol. The number of hydrazone groups is 1. The zero-order valence-electron chi connectivity index (χ0n) is 14.7. The summed E-state index contributed by atoms with van der Waals surface area (Å²) < 4.78 is 9.81. The highest BCUT2D eigenvalue weighted by Crippen LogP contribution is 2.15.